The van der Waals surface area contributed by atoms with Crippen molar-refractivity contribution in [1.82, 2.24) is 14.6 Å². The lowest BCUT2D eigenvalue weighted by molar-refractivity contribution is -0.137. The molecule has 3 aromatic rings. The number of rotatable bonds is 5. The van der Waals surface area contributed by atoms with E-state index >= 15 is 0 Å². The van der Waals surface area contributed by atoms with E-state index in [1.165, 1.54) is 6.21 Å². The van der Waals surface area contributed by atoms with Gasteiger partial charge in [0.05, 0.1) is 30.3 Å². The van der Waals surface area contributed by atoms with Gasteiger partial charge in [0.2, 0.25) is 0 Å². The Labute approximate surface area is 181 Å². The number of nitrogens with zero attached hydrogens (tertiary/aromatic N) is 3. The van der Waals surface area contributed by atoms with Crippen molar-refractivity contribution in [3.63, 3.8) is 0 Å². The number of aromatic nitrogens is 2. The molecule has 0 spiro atoms. The van der Waals surface area contributed by atoms with Crippen molar-refractivity contribution in [2.75, 3.05) is 32.9 Å². The second kappa shape index (κ2) is 9.15. The third-order valence-corrected chi connectivity index (χ3v) is 5.02. The van der Waals surface area contributed by atoms with Gasteiger partial charge >= 0.3 is 5.69 Å². The molecule has 1 aliphatic rings. The first-order valence-corrected chi connectivity index (χ1v) is 9.97. The summed E-state index contributed by atoms with van der Waals surface area (Å²) in [5.41, 5.74) is -0.381. The third-order valence-electron chi connectivity index (χ3n) is 4.78. The lowest BCUT2D eigenvalue weighted by Crippen LogP contribution is -2.43. The van der Waals surface area contributed by atoms with E-state index in [1.54, 1.807) is 47.4 Å². The van der Waals surface area contributed by atoms with Gasteiger partial charge in [0.25, 0.3) is 11.5 Å². The number of hydrogen-bond acceptors (Lipinski definition) is 6. The Morgan fingerprint density at radius 1 is 1.19 bits per heavy atom. The van der Waals surface area contributed by atoms with E-state index in [4.69, 9.17) is 21.1 Å². The number of amides is 1. The first-order valence-electron chi connectivity index (χ1n) is 9.59. The van der Waals surface area contributed by atoms with Crippen LogP contribution in [-0.4, -0.2) is 59.6 Å². The number of carbonyl (C=O) groups is 1. The van der Waals surface area contributed by atoms with Gasteiger partial charge in [-0.15, -0.1) is 4.68 Å². The van der Waals surface area contributed by atoms with Gasteiger partial charge < -0.3 is 19.4 Å². The summed E-state index contributed by atoms with van der Waals surface area (Å²) in [5, 5.41) is 4.77. The largest absolute Gasteiger partial charge is 0.483 e. The van der Waals surface area contributed by atoms with Crippen LogP contribution in [0.25, 0.3) is 10.9 Å². The molecule has 0 bridgehead atoms. The number of hydrogen-bond donors (Lipinski definition) is 1. The molecule has 1 N–H and O–H groups in total. The molecule has 10 heteroatoms. The molecule has 0 saturated carbocycles. The number of nitrogens with one attached hydrogen (secondary N) is 1. The highest BCUT2D eigenvalue weighted by atomic mass is 35.5. The van der Waals surface area contributed by atoms with E-state index in [2.05, 4.69) is 10.1 Å². The van der Waals surface area contributed by atoms with Crippen molar-refractivity contribution in [1.29, 1.82) is 0 Å². The first kappa shape index (κ1) is 20.8. The predicted molar refractivity (Wildman–Crippen MR) is 116 cm³/mol. The van der Waals surface area contributed by atoms with Gasteiger partial charge in [0, 0.05) is 23.7 Å². The average molecular weight is 443 g/mol. The Morgan fingerprint density at radius 2 is 1.97 bits per heavy atom. The normalized spacial score (nSPS) is 14.3. The second-order valence-electron chi connectivity index (χ2n) is 6.80. The number of para-hydroxylation sites is 1. The van der Waals surface area contributed by atoms with E-state index < -0.39 is 11.2 Å². The fraction of sp³-hybridized carbons (Fsp3) is 0.238. The number of H-pyrrole nitrogens is 1. The highest BCUT2D eigenvalue weighted by molar-refractivity contribution is 6.30. The molecule has 31 heavy (non-hydrogen) atoms. The van der Waals surface area contributed by atoms with Crippen LogP contribution in [-0.2, 0) is 9.53 Å². The SMILES string of the molecule is O=C(COc1ccc(Cl)cc1C=Nn1c(=O)[nH]c2ccccc2c1=O)N1CCOCC1. The van der Waals surface area contributed by atoms with Crippen LogP contribution in [0.1, 0.15) is 5.56 Å². The monoisotopic (exact) mass is 442 g/mol. The molecule has 2 aromatic carbocycles. The molecule has 0 radical (unpaired) electrons. The maximum Gasteiger partial charge on any atom is 0.349 e. The predicted octanol–water partition coefficient (Wildman–Crippen LogP) is 1.46. The van der Waals surface area contributed by atoms with Gasteiger partial charge in [-0.2, -0.15) is 5.10 Å². The first-order chi connectivity index (χ1) is 15.0. The standard InChI is InChI=1S/C21H19ClN4O5/c22-15-5-6-18(31-13-19(27)25-7-9-30-10-8-25)14(11-15)12-23-26-20(28)16-3-1-2-4-17(16)24-21(26)29/h1-6,11-12H,7-10,13H2,(H,24,29). The fourth-order valence-corrected chi connectivity index (χ4v) is 3.35. The van der Waals surface area contributed by atoms with Crippen LogP contribution >= 0.6 is 11.6 Å². The van der Waals surface area contributed by atoms with Gasteiger partial charge in [-0.05, 0) is 30.3 Å². The summed E-state index contributed by atoms with van der Waals surface area (Å²) in [7, 11) is 0. The maximum atomic E-state index is 12.6. The van der Waals surface area contributed by atoms with Gasteiger partial charge in [0.1, 0.15) is 5.75 Å². The molecule has 0 atom stereocenters. The third kappa shape index (κ3) is 4.68. The van der Waals surface area contributed by atoms with Crippen LogP contribution in [0.5, 0.6) is 5.75 Å². The van der Waals surface area contributed by atoms with E-state index in [0.29, 0.717) is 53.5 Å². The Hall–Kier alpha value is -3.43. The highest BCUT2D eigenvalue weighted by Crippen LogP contribution is 2.21. The van der Waals surface area contributed by atoms with Crippen molar-refractivity contribution in [2.24, 2.45) is 5.10 Å². The smallest absolute Gasteiger partial charge is 0.349 e. The van der Waals surface area contributed by atoms with Gasteiger partial charge in [-0.1, -0.05) is 23.7 Å². The molecular weight excluding hydrogens is 424 g/mol. The van der Waals surface area contributed by atoms with Gasteiger partial charge in [-0.3, -0.25) is 9.59 Å². The fourth-order valence-electron chi connectivity index (χ4n) is 3.17. The van der Waals surface area contributed by atoms with Crippen LogP contribution in [0.15, 0.2) is 57.2 Å². The van der Waals surface area contributed by atoms with Crippen molar-refractivity contribution >= 4 is 34.6 Å². The van der Waals surface area contributed by atoms with Crippen LogP contribution in [0.4, 0.5) is 0 Å². The summed E-state index contributed by atoms with van der Waals surface area (Å²) in [6, 6.07) is 11.4. The van der Waals surface area contributed by atoms with Gasteiger partial charge in [-0.25, -0.2) is 4.79 Å². The number of morpholine rings is 1. The number of aromatic amines is 1. The Bertz CT molecular complexity index is 1260. The summed E-state index contributed by atoms with van der Waals surface area (Å²) in [5.74, 6) is 0.184. The minimum atomic E-state index is -0.674. The van der Waals surface area contributed by atoms with Crippen molar-refractivity contribution in [2.45, 2.75) is 0 Å². The van der Waals surface area contributed by atoms with Crippen LogP contribution in [0.3, 0.4) is 0 Å². The van der Waals surface area contributed by atoms with Gasteiger partial charge in [0.15, 0.2) is 6.61 Å². The van der Waals surface area contributed by atoms with Crippen LogP contribution in [0.2, 0.25) is 5.02 Å². The Morgan fingerprint density at radius 3 is 2.77 bits per heavy atom. The van der Waals surface area contributed by atoms with Crippen molar-refractivity contribution in [3.8, 4) is 5.75 Å². The minimum Gasteiger partial charge on any atom is -0.483 e. The molecular formula is C21H19ClN4O5. The lowest BCUT2D eigenvalue weighted by Gasteiger charge is -2.26. The summed E-state index contributed by atoms with van der Waals surface area (Å²) < 4.78 is 11.6. The van der Waals surface area contributed by atoms with Crippen molar-refractivity contribution in [3.05, 3.63) is 73.9 Å². The molecule has 1 amide bonds. The molecule has 1 fully saturated rings. The number of carbonyl (C=O) groups excluding carboxylic acids is 1. The van der Waals surface area contributed by atoms with E-state index in [-0.39, 0.29) is 12.5 Å². The average Bonchev–Trinajstić information content (AvgIpc) is 2.78. The van der Waals surface area contributed by atoms with Crippen LogP contribution < -0.4 is 16.0 Å². The Balaban J connectivity index is 1.59. The highest BCUT2D eigenvalue weighted by Gasteiger charge is 2.17. The Kier molecular flexibility index (Phi) is 6.15. The summed E-state index contributed by atoms with van der Waals surface area (Å²) >= 11 is 6.08. The molecule has 0 unspecified atom stereocenters. The molecule has 1 aliphatic heterocycles. The molecule has 1 aromatic heterocycles. The zero-order valence-electron chi connectivity index (χ0n) is 16.4. The zero-order chi connectivity index (χ0) is 21.8. The zero-order valence-corrected chi connectivity index (χ0v) is 17.2. The summed E-state index contributed by atoms with van der Waals surface area (Å²) in [6.07, 6.45) is 1.30. The molecule has 9 nitrogen and oxygen atoms in total. The molecule has 0 aliphatic carbocycles. The topological polar surface area (TPSA) is 106 Å². The number of fused-ring (bicyclic) bond motifs is 1. The lowest BCUT2D eigenvalue weighted by atomic mass is 10.2. The molecule has 160 valence electrons. The summed E-state index contributed by atoms with van der Waals surface area (Å²) in [6.45, 7) is 1.87. The second-order valence-corrected chi connectivity index (χ2v) is 7.24. The molecule has 4 rings (SSSR count). The quantitative estimate of drug-likeness (QED) is 0.602. The van der Waals surface area contributed by atoms with E-state index in [0.717, 1.165) is 4.68 Å². The number of halogens is 1. The van der Waals surface area contributed by atoms with E-state index in [1.807, 2.05) is 0 Å². The molecule has 1 saturated heterocycles. The van der Waals surface area contributed by atoms with Crippen LogP contribution in [0, 0.1) is 0 Å². The minimum absolute atomic E-state index is 0.164. The summed E-state index contributed by atoms with van der Waals surface area (Å²) in [4.78, 5) is 41.5. The number of benzene rings is 2. The maximum absolute atomic E-state index is 12.6. The molecule has 2 heterocycles. The van der Waals surface area contributed by atoms with Crippen molar-refractivity contribution < 1.29 is 14.3 Å². The number of ether oxygens (including phenoxy) is 2. The van der Waals surface area contributed by atoms with E-state index in [9.17, 15) is 14.4 Å².